The topological polar surface area (TPSA) is 35.8 Å². The maximum atomic E-state index is 13.0. The highest BCUT2D eigenvalue weighted by Crippen LogP contribution is 2.18. The SMILES string of the molecule is CCc1ccccc1CNc1ccc(F)cc1C#N. The third-order valence-electron chi connectivity index (χ3n) is 3.07. The average molecular weight is 254 g/mol. The Labute approximate surface area is 112 Å². The fourth-order valence-corrected chi connectivity index (χ4v) is 2.03. The summed E-state index contributed by atoms with van der Waals surface area (Å²) in [5, 5.41) is 12.2. The molecule has 2 rings (SSSR count). The normalized spacial score (nSPS) is 9.95. The minimum absolute atomic E-state index is 0.328. The molecule has 0 aliphatic rings. The van der Waals surface area contributed by atoms with E-state index in [-0.39, 0.29) is 0 Å². The van der Waals surface area contributed by atoms with Crippen LogP contribution in [0.5, 0.6) is 0 Å². The molecule has 2 aromatic rings. The van der Waals surface area contributed by atoms with Crippen molar-refractivity contribution in [3.8, 4) is 6.07 Å². The molecule has 0 spiro atoms. The van der Waals surface area contributed by atoms with Crippen LogP contribution in [0.3, 0.4) is 0 Å². The zero-order chi connectivity index (χ0) is 13.7. The van der Waals surface area contributed by atoms with Crippen LogP contribution in [0, 0.1) is 17.1 Å². The molecule has 2 aromatic carbocycles. The standard InChI is InChI=1S/C16H15FN2/c1-2-12-5-3-4-6-13(12)11-19-16-8-7-15(17)9-14(16)10-18/h3-9,19H,2,11H2,1H3. The smallest absolute Gasteiger partial charge is 0.124 e. The van der Waals surface area contributed by atoms with Crippen molar-refractivity contribution in [3.63, 3.8) is 0 Å². The summed E-state index contributed by atoms with van der Waals surface area (Å²) >= 11 is 0. The number of benzene rings is 2. The number of anilines is 1. The summed E-state index contributed by atoms with van der Waals surface area (Å²) < 4.78 is 13.0. The molecular formula is C16H15FN2. The zero-order valence-electron chi connectivity index (χ0n) is 10.8. The summed E-state index contributed by atoms with van der Waals surface area (Å²) in [6.45, 7) is 2.74. The Bertz CT molecular complexity index is 614. The number of hydrogen-bond acceptors (Lipinski definition) is 2. The van der Waals surface area contributed by atoms with Gasteiger partial charge in [-0.3, -0.25) is 0 Å². The van der Waals surface area contributed by atoms with Gasteiger partial charge in [0.25, 0.3) is 0 Å². The van der Waals surface area contributed by atoms with E-state index in [9.17, 15) is 4.39 Å². The second kappa shape index (κ2) is 6.01. The third kappa shape index (κ3) is 3.11. The van der Waals surface area contributed by atoms with Gasteiger partial charge in [-0.05, 0) is 35.7 Å². The van der Waals surface area contributed by atoms with E-state index < -0.39 is 5.82 Å². The third-order valence-corrected chi connectivity index (χ3v) is 3.07. The molecule has 0 aliphatic carbocycles. The van der Waals surface area contributed by atoms with Crippen molar-refractivity contribution in [2.75, 3.05) is 5.32 Å². The minimum atomic E-state index is -0.393. The largest absolute Gasteiger partial charge is 0.380 e. The van der Waals surface area contributed by atoms with E-state index in [1.807, 2.05) is 18.2 Å². The molecular weight excluding hydrogens is 239 g/mol. The van der Waals surface area contributed by atoms with Gasteiger partial charge in [-0.15, -0.1) is 0 Å². The van der Waals surface area contributed by atoms with Gasteiger partial charge in [0.15, 0.2) is 0 Å². The highest BCUT2D eigenvalue weighted by Gasteiger charge is 2.04. The van der Waals surface area contributed by atoms with Crippen molar-refractivity contribution in [1.29, 1.82) is 5.26 Å². The monoisotopic (exact) mass is 254 g/mol. The minimum Gasteiger partial charge on any atom is -0.380 e. The fraction of sp³-hybridized carbons (Fsp3) is 0.188. The lowest BCUT2D eigenvalue weighted by Gasteiger charge is -2.11. The summed E-state index contributed by atoms with van der Waals surface area (Å²) in [6.07, 6.45) is 0.965. The van der Waals surface area contributed by atoms with Gasteiger partial charge in [0.2, 0.25) is 0 Å². The molecule has 3 heteroatoms. The summed E-state index contributed by atoms with van der Waals surface area (Å²) in [6, 6.07) is 14.4. The van der Waals surface area contributed by atoms with Gasteiger partial charge < -0.3 is 5.32 Å². The Morgan fingerprint density at radius 3 is 2.58 bits per heavy atom. The Balaban J connectivity index is 2.17. The molecule has 1 N–H and O–H groups in total. The maximum absolute atomic E-state index is 13.0. The van der Waals surface area contributed by atoms with Crippen molar-refractivity contribution in [3.05, 3.63) is 65.0 Å². The molecule has 19 heavy (non-hydrogen) atoms. The molecule has 0 atom stereocenters. The van der Waals surface area contributed by atoms with E-state index in [4.69, 9.17) is 5.26 Å². The molecule has 0 saturated carbocycles. The van der Waals surface area contributed by atoms with E-state index >= 15 is 0 Å². The van der Waals surface area contributed by atoms with E-state index in [0.29, 0.717) is 17.8 Å². The van der Waals surface area contributed by atoms with Crippen LogP contribution in [0.2, 0.25) is 0 Å². The first-order valence-corrected chi connectivity index (χ1v) is 6.25. The van der Waals surface area contributed by atoms with Crippen LogP contribution in [0.15, 0.2) is 42.5 Å². The van der Waals surface area contributed by atoms with Gasteiger partial charge >= 0.3 is 0 Å². The van der Waals surface area contributed by atoms with Crippen LogP contribution in [0.4, 0.5) is 10.1 Å². The number of nitrogens with zero attached hydrogens (tertiary/aromatic N) is 1. The van der Waals surface area contributed by atoms with E-state index in [1.54, 1.807) is 6.07 Å². The molecule has 0 saturated heterocycles. The first kappa shape index (κ1) is 13.1. The number of nitriles is 1. The molecule has 0 heterocycles. The molecule has 0 aromatic heterocycles. The summed E-state index contributed by atoms with van der Waals surface area (Å²) in [5.74, 6) is -0.393. The van der Waals surface area contributed by atoms with Crippen molar-refractivity contribution in [1.82, 2.24) is 0 Å². The zero-order valence-corrected chi connectivity index (χ0v) is 10.8. The highest BCUT2D eigenvalue weighted by molar-refractivity contribution is 5.57. The van der Waals surface area contributed by atoms with Crippen LogP contribution in [-0.4, -0.2) is 0 Å². The molecule has 0 unspecified atom stereocenters. The van der Waals surface area contributed by atoms with E-state index in [2.05, 4.69) is 24.4 Å². The van der Waals surface area contributed by atoms with E-state index in [1.165, 1.54) is 23.3 Å². The quantitative estimate of drug-likeness (QED) is 0.899. The molecule has 0 amide bonds. The fourth-order valence-electron chi connectivity index (χ4n) is 2.03. The van der Waals surface area contributed by atoms with Crippen molar-refractivity contribution >= 4 is 5.69 Å². The maximum Gasteiger partial charge on any atom is 0.124 e. The van der Waals surface area contributed by atoms with Gasteiger partial charge in [0, 0.05) is 6.54 Å². The van der Waals surface area contributed by atoms with Crippen molar-refractivity contribution in [2.45, 2.75) is 19.9 Å². The van der Waals surface area contributed by atoms with Crippen LogP contribution in [0.25, 0.3) is 0 Å². The Morgan fingerprint density at radius 1 is 1.16 bits per heavy atom. The lowest BCUT2D eigenvalue weighted by Crippen LogP contribution is -2.04. The molecule has 0 aliphatic heterocycles. The van der Waals surface area contributed by atoms with Crippen LogP contribution < -0.4 is 5.32 Å². The number of halogens is 1. The molecule has 96 valence electrons. The lowest BCUT2D eigenvalue weighted by atomic mass is 10.1. The highest BCUT2D eigenvalue weighted by atomic mass is 19.1. The van der Waals surface area contributed by atoms with Gasteiger partial charge in [-0.1, -0.05) is 31.2 Å². The lowest BCUT2D eigenvalue weighted by molar-refractivity contribution is 0.627. The Morgan fingerprint density at radius 2 is 1.89 bits per heavy atom. The first-order chi connectivity index (χ1) is 9.24. The second-order valence-corrected chi connectivity index (χ2v) is 4.28. The van der Waals surface area contributed by atoms with Gasteiger partial charge in [-0.2, -0.15) is 5.26 Å². The van der Waals surface area contributed by atoms with Crippen molar-refractivity contribution in [2.24, 2.45) is 0 Å². The summed E-state index contributed by atoms with van der Waals surface area (Å²) in [7, 11) is 0. The number of aryl methyl sites for hydroxylation is 1. The second-order valence-electron chi connectivity index (χ2n) is 4.28. The molecule has 0 radical (unpaired) electrons. The van der Waals surface area contributed by atoms with Gasteiger partial charge in [0.05, 0.1) is 11.3 Å². The predicted molar refractivity (Wildman–Crippen MR) is 74.3 cm³/mol. The summed E-state index contributed by atoms with van der Waals surface area (Å²) in [4.78, 5) is 0. The predicted octanol–water partition coefficient (Wildman–Crippen LogP) is 3.87. The Hall–Kier alpha value is -2.34. The number of rotatable bonds is 4. The number of hydrogen-bond donors (Lipinski definition) is 1. The van der Waals surface area contributed by atoms with Crippen LogP contribution >= 0.6 is 0 Å². The number of nitrogens with one attached hydrogen (secondary N) is 1. The van der Waals surface area contributed by atoms with Crippen molar-refractivity contribution < 1.29 is 4.39 Å². The molecule has 0 fully saturated rings. The van der Waals surface area contributed by atoms with Gasteiger partial charge in [0.1, 0.15) is 11.9 Å². The first-order valence-electron chi connectivity index (χ1n) is 6.25. The Kier molecular flexibility index (Phi) is 4.15. The van der Waals surface area contributed by atoms with E-state index in [0.717, 1.165) is 6.42 Å². The van der Waals surface area contributed by atoms with Crippen LogP contribution in [0.1, 0.15) is 23.6 Å². The van der Waals surface area contributed by atoms with Crippen LogP contribution in [-0.2, 0) is 13.0 Å². The molecule has 0 bridgehead atoms. The average Bonchev–Trinajstić information content (AvgIpc) is 2.46. The van der Waals surface area contributed by atoms with Gasteiger partial charge in [-0.25, -0.2) is 4.39 Å². The summed E-state index contributed by atoms with van der Waals surface area (Å²) in [5.41, 5.74) is 3.46. The molecule has 2 nitrogen and oxygen atoms in total.